The molecule has 4 heteroatoms. The Morgan fingerprint density at radius 3 is 2.36 bits per heavy atom. The predicted octanol–water partition coefficient (Wildman–Crippen LogP) is -0.0553. The highest BCUT2D eigenvalue weighted by molar-refractivity contribution is 8.13. The van der Waals surface area contributed by atoms with Crippen LogP contribution in [0.1, 0.15) is 0 Å². The van der Waals surface area contributed by atoms with Crippen LogP contribution in [0, 0.1) is 0 Å². The summed E-state index contributed by atoms with van der Waals surface area (Å²) in [5.74, 6) is 0.513. The molecule has 0 bridgehead atoms. The molecule has 0 aromatic carbocycles. The van der Waals surface area contributed by atoms with Crippen LogP contribution < -0.4 is 0 Å². The zero-order valence-electron chi connectivity index (χ0n) is 7.33. The van der Waals surface area contributed by atoms with E-state index in [1.807, 2.05) is 21.1 Å². The van der Waals surface area contributed by atoms with Gasteiger partial charge in [-0.2, -0.15) is 0 Å². The molecule has 0 atom stereocenters. The minimum atomic E-state index is 0.0769. The van der Waals surface area contributed by atoms with Crippen LogP contribution in [0.3, 0.4) is 0 Å². The van der Waals surface area contributed by atoms with Gasteiger partial charge in [-0.3, -0.25) is 4.79 Å². The highest BCUT2D eigenvalue weighted by Gasteiger charge is 2.13. The van der Waals surface area contributed by atoms with Gasteiger partial charge in [0.1, 0.15) is 6.54 Å². The molecule has 0 aliphatic rings. The number of aliphatic hydroxyl groups excluding tert-OH is 1. The molecule has 3 nitrogen and oxygen atoms in total. The summed E-state index contributed by atoms with van der Waals surface area (Å²) < 4.78 is 0.650. The standard InChI is InChI=1S/C7H16NO2S/c1-8(2,3)6-7(10)11-5-4-9/h9H,4-6H2,1-3H3/q+1. The molecule has 66 valence electrons. The van der Waals surface area contributed by atoms with E-state index in [-0.39, 0.29) is 11.7 Å². The zero-order valence-corrected chi connectivity index (χ0v) is 8.15. The Morgan fingerprint density at radius 2 is 2.00 bits per heavy atom. The number of carbonyl (C=O) groups is 1. The second kappa shape index (κ2) is 4.74. The molecule has 0 aromatic rings. The smallest absolute Gasteiger partial charge is 0.243 e. The van der Waals surface area contributed by atoms with E-state index >= 15 is 0 Å². The average Bonchev–Trinajstić information content (AvgIpc) is 1.79. The lowest BCUT2D eigenvalue weighted by Crippen LogP contribution is -2.38. The highest BCUT2D eigenvalue weighted by Crippen LogP contribution is 2.03. The van der Waals surface area contributed by atoms with E-state index in [9.17, 15) is 4.79 Å². The monoisotopic (exact) mass is 178 g/mol. The second-order valence-electron chi connectivity index (χ2n) is 3.39. The van der Waals surface area contributed by atoms with Crippen LogP contribution in [-0.4, -0.2) is 54.8 Å². The van der Waals surface area contributed by atoms with E-state index in [2.05, 4.69) is 0 Å². The van der Waals surface area contributed by atoms with Crippen LogP contribution in [0.25, 0.3) is 0 Å². The first-order valence-corrected chi connectivity index (χ1v) is 4.51. The maximum Gasteiger partial charge on any atom is 0.243 e. The van der Waals surface area contributed by atoms with E-state index in [4.69, 9.17) is 5.11 Å². The predicted molar refractivity (Wildman–Crippen MR) is 47.5 cm³/mol. The molecule has 0 amide bonds. The third-order valence-corrected chi connectivity index (χ3v) is 1.80. The molecule has 0 fully saturated rings. The first kappa shape index (κ1) is 10.9. The zero-order chi connectivity index (χ0) is 8.91. The Morgan fingerprint density at radius 1 is 1.45 bits per heavy atom. The lowest BCUT2D eigenvalue weighted by Gasteiger charge is -2.22. The van der Waals surface area contributed by atoms with Crippen molar-refractivity contribution in [1.29, 1.82) is 0 Å². The van der Waals surface area contributed by atoms with Crippen molar-refractivity contribution in [3.63, 3.8) is 0 Å². The van der Waals surface area contributed by atoms with Crippen molar-refractivity contribution in [2.24, 2.45) is 0 Å². The molecular weight excluding hydrogens is 162 g/mol. The first-order chi connectivity index (χ1) is 4.95. The van der Waals surface area contributed by atoms with Crippen LogP contribution in [0.15, 0.2) is 0 Å². The van der Waals surface area contributed by atoms with Crippen molar-refractivity contribution in [2.75, 3.05) is 40.0 Å². The summed E-state index contributed by atoms with van der Waals surface area (Å²) in [5.41, 5.74) is 0. The van der Waals surface area contributed by atoms with Crippen molar-refractivity contribution in [3.8, 4) is 0 Å². The normalized spacial score (nSPS) is 11.6. The fourth-order valence-corrected chi connectivity index (χ4v) is 1.39. The molecule has 11 heavy (non-hydrogen) atoms. The quantitative estimate of drug-likeness (QED) is 0.613. The van der Waals surface area contributed by atoms with E-state index in [0.717, 1.165) is 0 Å². The minimum Gasteiger partial charge on any atom is -0.396 e. The highest BCUT2D eigenvalue weighted by atomic mass is 32.2. The first-order valence-electron chi connectivity index (χ1n) is 3.52. The van der Waals surface area contributed by atoms with Crippen molar-refractivity contribution >= 4 is 16.9 Å². The van der Waals surface area contributed by atoms with Gasteiger partial charge in [0, 0.05) is 5.75 Å². The lowest BCUT2D eigenvalue weighted by atomic mass is 10.5. The van der Waals surface area contributed by atoms with Gasteiger partial charge >= 0.3 is 0 Å². The van der Waals surface area contributed by atoms with E-state index in [1.165, 1.54) is 11.8 Å². The van der Waals surface area contributed by atoms with Gasteiger partial charge in [0.25, 0.3) is 0 Å². The molecule has 0 unspecified atom stereocenters. The molecule has 0 radical (unpaired) electrons. The molecule has 0 rings (SSSR count). The van der Waals surface area contributed by atoms with E-state index in [1.54, 1.807) is 0 Å². The fraction of sp³-hybridized carbons (Fsp3) is 0.857. The number of nitrogens with zero attached hydrogens (tertiary/aromatic N) is 1. The molecule has 1 N–H and O–H groups in total. The lowest BCUT2D eigenvalue weighted by molar-refractivity contribution is -0.861. The number of quaternary nitrogens is 1. The Kier molecular flexibility index (Phi) is 4.72. The molecule has 0 heterocycles. The van der Waals surface area contributed by atoms with Crippen LogP contribution in [-0.2, 0) is 4.79 Å². The van der Waals surface area contributed by atoms with Gasteiger partial charge in [-0.25, -0.2) is 0 Å². The number of thioether (sulfide) groups is 1. The topological polar surface area (TPSA) is 37.3 Å². The van der Waals surface area contributed by atoms with E-state index in [0.29, 0.717) is 16.8 Å². The molecule has 0 saturated carbocycles. The van der Waals surface area contributed by atoms with Crippen LogP contribution in [0.5, 0.6) is 0 Å². The molecule has 0 aromatic heterocycles. The number of hydrogen-bond acceptors (Lipinski definition) is 3. The minimum absolute atomic E-state index is 0.0769. The maximum atomic E-state index is 11.1. The van der Waals surface area contributed by atoms with Crippen molar-refractivity contribution in [1.82, 2.24) is 0 Å². The van der Waals surface area contributed by atoms with Crippen LogP contribution in [0.2, 0.25) is 0 Å². The summed E-state index contributed by atoms with van der Waals surface area (Å²) in [6.07, 6.45) is 0. The second-order valence-corrected chi connectivity index (χ2v) is 4.54. The third kappa shape index (κ3) is 7.84. The van der Waals surface area contributed by atoms with Gasteiger partial charge in [-0.1, -0.05) is 11.8 Å². The maximum absolute atomic E-state index is 11.1. The Bertz CT molecular complexity index is 131. The van der Waals surface area contributed by atoms with Gasteiger partial charge in [0.05, 0.1) is 27.7 Å². The number of hydrogen-bond donors (Lipinski definition) is 1. The summed E-state index contributed by atoms with van der Waals surface area (Å²) in [4.78, 5) is 11.1. The number of aliphatic hydroxyl groups is 1. The third-order valence-electron chi connectivity index (χ3n) is 0.958. The van der Waals surface area contributed by atoms with Crippen molar-refractivity contribution in [2.45, 2.75) is 0 Å². The van der Waals surface area contributed by atoms with Crippen LogP contribution >= 0.6 is 11.8 Å². The van der Waals surface area contributed by atoms with Crippen LogP contribution in [0.4, 0.5) is 0 Å². The molecule has 0 saturated heterocycles. The number of rotatable bonds is 4. The summed E-state index contributed by atoms with van der Waals surface area (Å²) >= 11 is 1.20. The summed E-state index contributed by atoms with van der Waals surface area (Å²) in [5, 5.41) is 8.58. The van der Waals surface area contributed by atoms with Gasteiger partial charge in [-0.15, -0.1) is 0 Å². The summed E-state index contributed by atoms with van der Waals surface area (Å²) in [6.45, 7) is 0.595. The van der Waals surface area contributed by atoms with Crippen molar-refractivity contribution in [3.05, 3.63) is 0 Å². The molecule has 0 aliphatic carbocycles. The van der Waals surface area contributed by atoms with Gasteiger partial charge in [0.15, 0.2) is 0 Å². The number of likely N-dealkylation sites (N-methyl/N-ethyl adjacent to an activating group) is 1. The Hall–Kier alpha value is -0.0600. The molecular formula is C7H16NO2S+. The average molecular weight is 178 g/mol. The number of carbonyl (C=O) groups excluding carboxylic acids is 1. The molecule has 0 aliphatic heterocycles. The fourth-order valence-electron chi connectivity index (χ4n) is 0.592. The van der Waals surface area contributed by atoms with E-state index < -0.39 is 0 Å². The molecule has 0 spiro atoms. The van der Waals surface area contributed by atoms with Crippen molar-refractivity contribution < 1.29 is 14.4 Å². The summed E-state index contributed by atoms with van der Waals surface area (Å²) in [7, 11) is 5.91. The largest absolute Gasteiger partial charge is 0.396 e. The van der Waals surface area contributed by atoms with Gasteiger partial charge in [-0.05, 0) is 0 Å². The SMILES string of the molecule is C[N+](C)(C)CC(=O)SCCO. The Labute approximate surface area is 72.0 Å². The van der Waals surface area contributed by atoms with Gasteiger partial charge < -0.3 is 9.59 Å². The van der Waals surface area contributed by atoms with Gasteiger partial charge in [0.2, 0.25) is 5.12 Å². The Balaban J connectivity index is 3.53. The summed E-state index contributed by atoms with van der Waals surface area (Å²) in [6, 6.07) is 0.